The molecule has 0 unspecified atom stereocenters. The van der Waals surface area contributed by atoms with Crippen molar-refractivity contribution in [1.29, 1.82) is 0 Å². The van der Waals surface area contributed by atoms with Crippen LogP contribution in [0.1, 0.15) is 37.0 Å². The zero-order chi connectivity index (χ0) is 20.0. The first kappa shape index (κ1) is 21.3. The number of nitrogens with zero attached hydrogens (tertiary/aromatic N) is 1. The molecule has 1 fully saturated rings. The molecule has 2 amide bonds. The van der Waals surface area contributed by atoms with Crippen LogP contribution in [-0.4, -0.2) is 54.7 Å². The lowest BCUT2D eigenvalue weighted by atomic mass is 10.1. The number of carbonyl (C=O) groups is 3. The van der Waals surface area contributed by atoms with E-state index in [0.29, 0.717) is 42.6 Å². The molecule has 2 rings (SSSR count). The standard InChI is InChI=1S/C18H22Cl2N2O5/c1-3-26-18(25)22-6-4-15(5-7-22)21-16(23)11(2)27-17(24)12-8-13(19)10-14(20)9-12/h8-11,15H,3-7H2,1-2H3,(H,21,23)/t11-/m1/s1. The van der Waals surface area contributed by atoms with Crippen molar-refractivity contribution in [1.82, 2.24) is 10.2 Å². The Morgan fingerprint density at radius 2 is 1.78 bits per heavy atom. The molecule has 1 aromatic rings. The van der Waals surface area contributed by atoms with Gasteiger partial charge in [0.2, 0.25) is 0 Å². The summed E-state index contributed by atoms with van der Waals surface area (Å²) in [5.74, 6) is -1.08. The fraction of sp³-hybridized carbons (Fsp3) is 0.500. The van der Waals surface area contributed by atoms with Gasteiger partial charge in [-0.3, -0.25) is 4.79 Å². The number of piperidine rings is 1. The SMILES string of the molecule is CCOC(=O)N1CCC(NC(=O)[C@@H](C)OC(=O)c2cc(Cl)cc(Cl)c2)CC1. The fourth-order valence-electron chi connectivity index (χ4n) is 2.69. The Labute approximate surface area is 167 Å². The molecule has 1 N–H and O–H groups in total. The number of halogens is 2. The van der Waals surface area contributed by atoms with Crippen molar-refractivity contribution in [3.05, 3.63) is 33.8 Å². The molecule has 1 aromatic carbocycles. The second-order valence-corrected chi connectivity index (χ2v) is 7.05. The van der Waals surface area contributed by atoms with E-state index >= 15 is 0 Å². The van der Waals surface area contributed by atoms with Gasteiger partial charge < -0.3 is 19.7 Å². The number of esters is 1. The Kier molecular flexibility index (Phi) is 7.74. The largest absolute Gasteiger partial charge is 0.450 e. The third kappa shape index (κ3) is 6.29. The van der Waals surface area contributed by atoms with Gasteiger partial charge in [-0.05, 0) is 44.9 Å². The van der Waals surface area contributed by atoms with Crippen molar-refractivity contribution in [2.75, 3.05) is 19.7 Å². The predicted molar refractivity (Wildman–Crippen MR) is 101 cm³/mol. The second kappa shape index (κ2) is 9.80. The smallest absolute Gasteiger partial charge is 0.409 e. The molecule has 0 bridgehead atoms. The maximum atomic E-state index is 12.3. The van der Waals surface area contributed by atoms with E-state index in [4.69, 9.17) is 32.7 Å². The normalized spacial score (nSPS) is 15.8. The summed E-state index contributed by atoms with van der Waals surface area (Å²) in [6.45, 7) is 4.58. The van der Waals surface area contributed by atoms with E-state index in [9.17, 15) is 14.4 Å². The molecule has 1 saturated heterocycles. The summed E-state index contributed by atoms with van der Waals surface area (Å²) in [6, 6.07) is 4.25. The third-order valence-electron chi connectivity index (χ3n) is 4.12. The van der Waals surface area contributed by atoms with Crippen LogP contribution in [0.5, 0.6) is 0 Å². The van der Waals surface area contributed by atoms with Gasteiger partial charge in [-0.25, -0.2) is 9.59 Å². The van der Waals surface area contributed by atoms with Crippen LogP contribution in [0.3, 0.4) is 0 Å². The first-order valence-electron chi connectivity index (χ1n) is 8.69. The lowest BCUT2D eigenvalue weighted by Gasteiger charge is -2.32. The molecule has 7 nitrogen and oxygen atoms in total. The number of rotatable bonds is 5. The molecule has 1 aliphatic rings. The average Bonchev–Trinajstić information content (AvgIpc) is 2.61. The molecule has 1 atom stereocenters. The van der Waals surface area contributed by atoms with Crippen LogP contribution in [-0.2, 0) is 14.3 Å². The van der Waals surface area contributed by atoms with Crippen molar-refractivity contribution < 1.29 is 23.9 Å². The van der Waals surface area contributed by atoms with Crippen molar-refractivity contribution in [3.8, 4) is 0 Å². The summed E-state index contributed by atoms with van der Waals surface area (Å²) >= 11 is 11.7. The highest BCUT2D eigenvalue weighted by Gasteiger charge is 2.27. The van der Waals surface area contributed by atoms with Crippen LogP contribution in [0.15, 0.2) is 18.2 Å². The van der Waals surface area contributed by atoms with Crippen LogP contribution >= 0.6 is 23.2 Å². The number of nitrogens with one attached hydrogen (secondary N) is 1. The highest BCUT2D eigenvalue weighted by Crippen LogP contribution is 2.20. The summed E-state index contributed by atoms with van der Waals surface area (Å²) in [5.41, 5.74) is 0.176. The zero-order valence-corrected chi connectivity index (χ0v) is 16.7. The number of benzene rings is 1. The van der Waals surface area contributed by atoms with Gasteiger partial charge >= 0.3 is 12.1 Å². The summed E-state index contributed by atoms with van der Waals surface area (Å²) in [6.07, 6.45) is -0.104. The van der Waals surface area contributed by atoms with Crippen molar-refractivity contribution >= 4 is 41.2 Å². The molecule has 0 saturated carbocycles. The molecule has 1 aliphatic heterocycles. The van der Waals surface area contributed by atoms with E-state index in [1.54, 1.807) is 11.8 Å². The molecular weight excluding hydrogens is 395 g/mol. The number of hydrogen-bond acceptors (Lipinski definition) is 5. The van der Waals surface area contributed by atoms with Crippen LogP contribution in [0.2, 0.25) is 10.0 Å². The third-order valence-corrected chi connectivity index (χ3v) is 4.56. The summed E-state index contributed by atoms with van der Waals surface area (Å²) in [7, 11) is 0. The van der Waals surface area contributed by atoms with Gasteiger partial charge in [-0.1, -0.05) is 23.2 Å². The Morgan fingerprint density at radius 3 is 2.33 bits per heavy atom. The van der Waals surface area contributed by atoms with E-state index in [1.807, 2.05) is 0 Å². The average molecular weight is 417 g/mol. The second-order valence-electron chi connectivity index (χ2n) is 6.17. The summed E-state index contributed by atoms with van der Waals surface area (Å²) in [4.78, 5) is 37.7. The van der Waals surface area contributed by atoms with Gasteiger partial charge in [0.15, 0.2) is 6.10 Å². The molecule has 1 heterocycles. The Balaban J connectivity index is 1.82. The van der Waals surface area contributed by atoms with E-state index in [2.05, 4.69) is 5.32 Å². The fourth-order valence-corrected chi connectivity index (χ4v) is 3.22. The van der Waals surface area contributed by atoms with E-state index < -0.39 is 18.0 Å². The molecule has 27 heavy (non-hydrogen) atoms. The van der Waals surface area contributed by atoms with Crippen LogP contribution in [0.4, 0.5) is 4.79 Å². The van der Waals surface area contributed by atoms with Gasteiger partial charge in [0.1, 0.15) is 0 Å². The van der Waals surface area contributed by atoms with Crippen molar-refractivity contribution in [2.24, 2.45) is 0 Å². The number of hydrogen-bond donors (Lipinski definition) is 1. The van der Waals surface area contributed by atoms with Gasteiger partial charge in [0.25, 0.3) is 5.91 Å². The Morgan fingerprint density at radius 1 is 1.19 bits per heavy atom. The summed E-state index contributed by atoms with van der Waals surface area (Å²) in [5, 5.41) is 3.45. The Hall–Kier alpha value is -1.99. The van der Waals surface area contributed by atoms with Gasteiger partial charge in [0.05, 0.1) is 12.2 Å². The van der Waals surface area contributed by atoms with E-state index in [1.165, 1.54) is 25.1 Å². The quantitative estimate of drug-likeness (QED) is 0.744. The topological polar surface area (TPSA) is 84.9 Å². The lowest BCUT2D eigenvalue weighted by molar-refractivity contribution is -0.130. The summed E-state index contributed by atoms with van der Waals surface area (Å²) < 4.78 is 10.2. The van der Waals surface area contributed by atoms with Crippen LogP contribution in [0, 0.1) is 0 Å². The molecule has 148 valence electrons. The molecule has 0 aliphatic carbocycles. The number of carbonyl (C=O) groups excluding carboxylic acids is 3. The molecule has 0 spiro atoms. The molecule has 0 radical (unpaired) electrons. The van der Waals surface area contributed by atoms with Crippen LogP contribution in [0.25, 0.3) is 0 Å². The minimum atomic E-state index is -0.974. The lowest BCUT2D eigenvalue weighted by Crippen LogP contribution is -2.49. The minimum Gasteiger partial charge on any atom is -0.450 e. The maximum absolute atomic E-state index is 12.3. The van der Waals surface area contributed by atoms with Crippen molar-refractivity contribution in [2.45, 2.75) is 38.8 Å². The van der Waals surface area contributed by atoms with E-state index in [0.717, 1.165) is 0 Å². The first-order chi connectivity index (χ1) is 12.8. The van der Waals surface area contributed by atoms with E-state index in [-0.39, 0.29) is 17.7 Å². The minimum absolute atomic E-state index is 0.0926. The van der Waals surface area contributed by atoms with Gasteiger partial charge in [0, 0.05) is 29.2 Å². The first-order valence-corrected chi connectivity index (χ1v) is 9.45. The monoisotopic (exact) mass is 416 g/mol. The predicted octanol–water partition coefficient (Wildman–Crippen LogP) is 3.28. The van der Waals surface area contributed by atoms with Crippen LogP contribution < -0.4 is 5.32 Å². The zero-order valence-electron chi connectivity index (χ0n) is 15.2. The highest BCUT2D eigenvalue weighted by molar-refractivity contribution is 6.35. The maximum Gasteiger partial charge on any atom is 0.409 e. The molecular formula is C18H22Cl2N2O5. The van der Waals surface area contributed by atoms with Crippen molar-refractivity contribution in [3.63, 3.8) is 0 Å². The number of likely N-dealkylation sites (tertiary alicyclic amines) is 1. The number of ether oxygens (including phenoxy) is 2. The van der Waals surface area contributed by atoms with Gasteiger partial charge in [-0.2, -0.15) is 0 Å². The highest BCUT2D eigenvalue weighted by atomic mass is 35.5. The molecule has 9 heteroatoms. The Bertz CT molecular complexity index is 685. The number of amides is 2. The van der Waals surface area contributed by atoms with Gasteiger partial charge in [-0.15, -0.1) is 0 Å². The molecule has 0 aromatic heterocycles.